The molecule has 2 atom stereocenters. The molecule has 0 unspecified atom stereocenters. The van der Waals surface area contributed by atoms with E-state index in [9.17, 15) is 18.0 Å². The lowest BCUT2D eigenvalue weighted by molar-refractivity contribution is -0.140. The first-order valence-electron chi connectivity index (χ1n) is 15.5. The zero-order valence-corrected chi connectivity index (χ0v) is 29.7. The van der Waals surface area contributed by atoms with E-state index in [1.165, 1.54) is 17.0 Å². The fraction of sp³-hybridized carbons (Fsp3) is 0.297. The van der Waals surface area contributed by atoms with E-state index in [-0.39, 0.29) is 29.8 Å². The molecule has 10 heteroatoms. The highest BCUT2D eigenvalue weighted by Crippen LogP contribution is 2.28. The summed E-state index contributed by atoms with van der Waals surface area (Å²) >= 11 is 12.8. The second-order valence-electron chi connectivity index (χ2n) is 11.9. The number of benzene rings is 4. The molecule has 4 aromatic carbocycles. The van der Waals surface area contributed by atoms with Crippen molar-refractivity contribution in [3.8, 4) is 0 Å². The van der Waals surface area contributed by atoms with Gasteiger partial charge in [-0.2, -0.15) is 0 Å². The van der Waals surface area contributed by atoms with Crippen molar-refractivity contribution in [1.82, 2.24) is 10.2 Å². The number of amides is 2. The van der Waals surface area contributed by atoms with Gasteiger partial charge >= 0.3 is 0 Å². The minimum Gasteiger partial charge on any atom is -0.352 e. The van der Waals surface area contributed by atoms with Crippen LogP contribution in [0.15, 0.2) is 95.9 Å². The van der Waals surface area contributed by atoms with Gasteiger partial charge in [-0.05, 0) is 92.8 Å². The third-order valence-electron chi connectivity index (χ3n) is 8.29. The summed E-state index contributed by atoms with van der Waals surface area (Å²) < 4.78 is 29.7. The van der Waals surface area contributed by atoms with E-state index in [2.05, 4.69) is 5.32 Å². The summed E-state index contributed by atoms with van der Waals surface area (Å²) in [5.74, 6) is -0.911. The van der Waals surface area contributed by atoms with Crippen LogP contribution in [-0.2, 0) is 32.6 Å². The van der Waals surface area contributed by atoms with Gasteiger partial charge in [0.05, 0.1) is 10.6 Å². The number of rotatable bonds is 13. The summed E-state index contributed by atoms with van der Waals surface area (Å²) in [5.41, 5.74) is 4.51. The van der Waals surface area contributed by atoms with E-state index in [0.29, 0.717) is 27.7 Å². The van der Waals surface area contributed by atoms with Crippen LogP contribution >= 0.6 is 23.2 Å². The van der Waals surface area contributed by atoms with Crippen molar-refractivity contribution in [2.45, 2.75) is 71.0 Å². The normalized spacial score (nSPS) is 12.7. The van der Waals surface area contributed by atoms with Gasteiger partial charge in [0.1, 0.15) is 12.6 Å². The first-order valence-corrected chi connectivity index (χ1v) is 17.7. The van der Waals surface area contributed by atoms with Crippen LogP contribution in [0.4, 0.5) is 5.69 Å². The molecule has 0 saturated carbocycles. The Hall–Kier alpha value is -3.85. The fourth-order valence-corrected chi connectivity index (χ4v) is 6.95. The van der Waals surface area contributed by atoms with E-state index in [1.54, 1.807) is 42.5 Å². The Morgan fingerprint density at radius 1 is 0.851 bits per heavy atom. The van der Waals surface area contributed by atoms with Crippen LogP contribution in [0.3, 0.4) is 0 Å². The Kier molecular flexibility index (Phi) is 12.1. The van der Waals surface area contributed by atoms with Gasteiger partial charge in [0.15, 0.2) is 0 Å². The van der Waals surface area contributed by atoms with Gasteiger partial charge in [-0.25, -0.2) is 8.42 Å². The van der Waals surface area contributed by atoms with Gasteiger partial charge in [-0.15, -0.1) is 0 Å². The third kappa shape index (κ3) is 9.15. The lowest BCUT2D eigenvalue weighted by atomic mass is 10.0. The molecule has 0 bridgehead atoms. The number of sulfonamides is 1. The van der Waals surface area contributed by atoms with Crippen molar-refractivity contribution in [1.29, 1.82) is 0 Å². The van der Waals surface area contributed by atoms with Crippen molar-refractivity contribution in [3.05, 3.63) is 129 Å². The third-order valence-corrected chi connectivity index (χ3v) is 10.7. The van der Waals surface area contributed by atoms with Crippen LogP contribution in [0.1, 0.15) is 48.1 Å². The van der Waals surface area contributed by atoms with E-state index < -0.39 is 28.5 Å². The number of carbonyl (C=O) groups excluding carboxylic acids is 2. The van der Waals surface area contributed by atoms with Crippen molar-refractivity contribution in [3.63, 3.8) is 0 Å². The van der Waals surface area contributed by atoms with Crippen LogP contribution < -0.4 is 9.62 Å². The molecule has 0 aromatic heterocycles. The first-order chi connectivity index (χ1) is 22.3. The molecule has 0 aliphatic rings. The maximum Gasteiger partial charge on any atom is 0.264 e. The minimum atomic E-state index is -4.20. The number of halogens is 2. The number of nitrogens with one attached hydrogen (secondary N) is 1. The number of hydrogen-bond acceptors (Lipinski definition) is 4. The van der Waals surface area contributed by atoms with Gasteiger partial charge in [-0.3, -0.25) is 13.9 Å². The fourth-order valence-electron chi connectivity index (χ4n) is 5.08. The monoisotopic (exact) mass is 693 g/mol. The minimum absolute atomic E-state index is 0.0500. The Balaban J connectivity index is 1.85. The standard InChI is InChI=1S/C37H41Cl2N3O4S/c1-6-28(5)40-37(44)35(21-29-10-8-7-9-11-29)41(23-30-15-16-31(38)22-34(30)39)36(43)24-42(32-17-14-26(3)27(4)20-32)47(45,46)33-18-12-25(2)13-19-33/h7-20,22,28,35H,6,21,23-24H2,1-5H3,(H,40,44)/t28-,35+/m1/s1. The molecule has 7 nitrogen and oxygen atoms in total. The maximum atomic E-state index is 14.7. The molecule has 0 radical (unpaired) electrons. The molecule has 0 aliphatic heterocycles. The number of nitrogens with zero attached hydrogens (tertiary/aromatic N) is 2. The Morgan fingerprint density at radius 3 is 2.15 bits per heavy atom. The zero-order chi connectivity index (χ0) is 34.3. The van der Waals surface area contributed by atoms with Crippen LogP contribution in [0.2, 0.25) is 10.0 Å². The second-order valence-corrected chi connectivity index (χ2v) is 14.6. The second kappa shape index (κ2) is 15.8. The van der Waals surface area contributed by atoms with Gasteiger partial charge < -0.3 is 10.2 Å². The summed E-state index contributed by atoms with van der Waals surface area (Å²) in [6, 6.07) is 25.0. The molecular formula is C37H41Cl2N3O4S. The molecule has 47 heavy (non-hydrogen) atoms. The van der Waals surface area contributed by atoms with Crippen LogP contribution in [0.5, 0.6) is 0 Å². The summed E-state index contributed by atoms with van der Waals surface area (Å²) in [6.07, 6.45) is 0.893. The smallest absolute Gasteiger partial charge is 0.264 e. The summed E-state index contributed by atoms with van der Waals surface area (Å²) in [7, 11) is -4.20. The topological polar surface area (TPSA) is 86.8 Å². The maximum absolute atomic E-state index is 14.7. The lowest BCUT2D eigenvalue weighted by Gasteiger charge is -2.34. The molecule has 1 N–H and O–H groups in total. The van der Waals surface area contributed by atoms with Crippen LogP contribution in [-0.4, -0.2) is 43.8 Å². The van der Waals surface area contributed by atoms with Crippen molar-refractivity contribution in [2.75, 3.05) is 10.8 Å². The van der Waals surface area contributed by atoms with E-state index >= 15 is 0 Å². The molecule has 0 aliphatic carbocycles. The summed E-state index contributed by atoms with van der Waals surface area (Å²) in [5, 5.41) is 3.79. The number of aryl methyl sites for hydroxylation is 3. The number of anilines is 1. The highest BCUT2D eigenvalue weighted by molar-refractivity contribution is 7.92. The van der Waals surface area contributed by atoms with Gasteiger partial charge in [-0.1, -0.05) is 90.3 Å². The highest BCUT2D eigenvalue weighted by atomic mass is 35.5. The van der Waals surface area contributed by atoms with E-state index in [1.807, 2.05) is 71.0 Å². The predicted molar refractivity (Wildman–Crippen MR) is 190 cm³/mol. The van der Waals surface area contributed by atoms with Crippen LogP contribution in [0.25, 0.3) is 0 Å². The largest absolute Gasteiger partial charge is 0.352 e. The Labute approximate surface area is 288 Å². The lowest BCUT2D eigenvalue weighted by Crippen LogP contribution is -2.54. The van der Waals surface area contributed by atoms with Crippen LogP contribution in [0, 0.1) is 20.8 Å². The van der Waals surface area contributed by atoms with Crippen molar-refractivity contribution in [2.24, 2.45) is 0 Å². The van der Waals surface area contributed by atoms with Gasteiger partial charge in [0, 0.05) is 29.1 Å². The summed E-state index contributed by atoms with van der Waals surface area (Å²) in [6.45, 7) is 8.96. The zero-order valence-electron chi connectivity index (χ0n) is 27.3. The van der Waals surface area contributed by atoms with Gasteiger partial charge in [0.2, 0.25) is 11.8 Å². The summed E-state index contributed by atoms with van der Waals surface area (Å²) in [4.78, 5) is 30.1. The van der Waals surface area contributed by atoms with Crippen molar-refractivity contribution >= 4 is 50.7 Å². The first kappa shape index (κ1) is 36.0. The molecule has 0 spiro atoms. The van der Waals surface area contributed by atoms with E-state index in [4.69, 9.17) is 23.2 Å². The molecule has 0 fully saturated rings. The van der Waals surface area contributed by atoms with E-state index in [0.717, 1.165) is 26.6 Å². The molecular weight excluding hydrogens is 653 g/mol. The van der Waals surface area contributed by atoms with Crippen molar-refractivity contribution < 1.29 is 18.0 Å². The highest BCUT2D eigenvalue weighted by Gasteiger charge is 2.35. The molecule has 0 heterocycles. The Morgan fingerprint density at radius 2 is 1.53 bits per heavy atom. The number of carbonyl (C=O) groups is 2. The molecule has 4 aromatic rings. The SMILES string of the molecule is CC[C@@H](C)NC(=O)[C@H](Cc1ccccc1)N(Cc1ccc(Cl)cc1Cl)C(=O)CN(c1ccc(C)c(C)c1)S(=O)(=O)c1ccc(C)cc1. The predicted octanol–water partition coefficient (Wildman–Crippen LogP) is 7.67. The molecule has 4 rings (SSSR count). The molecule has 0 saturated heterocycles. The van der Waals surface area contributed by atoms with Gasteiger partial charge in [0.25, 0.3) is 10.0 Å². The average Bonchev–Trinajstić information content (AvgIpc) is 3.04. The molecule has 248 valence electrons. The average molecular weight is 695 g/mol. The quantitative estimate of drug-likeness (QED) is 0.156. The number of hydrogen-bond donors (Lipinski definition) is 1. The Bertz CT molecular complexity index is 1820. The molecule has 2 amide bonds.